The molecule has 2 aliphatic heterocycles. The van der Waals surface area contributed by atoms with Crippen LogP contribution >= 0.6 is 0 Å². The molecule has 11 nitrogen and oxygen atoms in total. The van der Waals surface area contributed by atoms with Gasteiger partial charge in [-0.15, -0.1) is 5.10 Å². The third kappa shape index (κ3) is 3.69. The van der Waals surface area contributed by atoms with Gasteiger partial charge in [0.15, 0.2) is 17.3 Å². The van der Waals surface area contributed by atoms with E-state index in [1.807, 2.05) is 11.9 Å². The van der Waals surface area contributed by atoms with Crippen molar-refractivity contribution in [3.8, 4) is 11.3 Å². The molecule has 2 amide bonds. The summed E-state index contributed by atoms with van der Waals surface area (Å²) >= 11 is 0. The fourth-order valence-corrected chi connectivity index (χ4v) is 4.84. The number of aromatic nitrogens is 4. The van der Waals surface area contributed by atoms with Crippen molar-refractivity contribution >= 4 is 29.0 Å². The van der Waals surface area contributed by atoms with Crippen molar-refractivity contribution in [2.75, 3.05) is 50.4 Å². The van der Waals surface area contributed by atoms with Crippen molar-refractivity contribution < 1.29 is 14.0 Å². The first kappa shape index (κ1) is 22.0. The number of nitrogens with zero attached hydrogens (tertiary/aromatic N) is 7. The average Bonchev–Trinajstić information content (AvgIpc) is 3.39. The lowest BCUT2D eigenvalue weighted by atomic mass is 10.1. The van der Waals surface area contributed by atoms with Crippen molar-refractivity contribution in [1.82, 2.24) is 29.4 Å². The quantitative estimate of drug-likeness (QED) is 0.561. The minimum absolute atomic E-state index is 0.0177. The van der Waals surface area contributed by atoms with E-state index < -0.39 is 11.7 Å². The maximum Gasteiger partial charge on any atom is 0.256 e. The molecule has 0 saturated carbocycles. The molecule has 0 spiro atoms. The van der Waals surface area contributed by atoms with Gasteiger partial charge in [0, 0.05) is 49.8 Å². The van der Waals surface area contributed by atoms with Crippen LogP contribution in [0.4, 0.5) is 15.9 Å². The highest BCUT2D eigenvalue weighted by Crippen LogP contribution is 2.32. The zero-order valence-electron chi connectivity index (χ0n) is 18.8. The van der Waals surface area contributed by atoms with Crippen LogP contribution in [0.5, 0.6) is 0 Å². The summed E-state index contributed by atoms with van der Waals surface area (Å²) in [4.78, 5) is 39.4. The number of hydrogen-bond acceptors (Lipinski definition) is 8. The number of rotatable bonds is 4. The van der Waals surface area contributed by atoms with Gasteiger partial charge < -0.3 is 21.3 Å². The number of hydrogen-bond donors (Lipinski definition) is 2. The summed E-state index contributed by atoms with van der Waals surface area (Å²) in [5, 5.41) is 3.93. The lowest BCUT2D eigenvalue weighted by molar-refractivity contribution is -0.135. The minimum atomic E-state index is -0.794. The molecule has 4 N–H and O–H groups in total. The standard InChI is InChI=1S/C22H26FN9O2/c1-29-6-2-3-16(29)22(34)31-9-7-30(8-10-31)15-4-5-26-11-13(15)18-14(23)12-32-21(27-18)17(20(25)33)19(24)28-32/h4-5,11-12,16H,2-3,6-10H2,1H3,(H2,24,28)(H2,25,33). The van der Waals surface area contributed by atoms with Crippen LogP contribution < -0.4 is 16.4 Å². The van der Waals surface area contributed by atoms with Gasteiger partial charge >= 0.3 is 0 Å². The van der Waals surface area contributed by atoms with Crippen LogP contribution in [-0.2, 0) is 4.79 Å². The Labute approximate surface area is 195 Å². The molecule has 3 aromatic rings. The third-order valence-electron chi connectivity index (χ3n) is 6.63. The molecule has 5 rings (SSSR count). The second kappa shape index (κ2) is 8.52. The van der Waals surface area contributed by atoms with Gasteiger partial charge in [0.25, 0.3) is 5.91 Å². The summed E-state index contributed by atoms with van der Waals surface area (Å²) in [5.41, 5.74) is 12.4. The smallest absolute Gasteiger partial charge is 0.256 e. The van der Waals surface area contributed by atoms with Crippen LogP contribution in [-0.4, -0.2) is 87.0 Å². The molecule has 12 heteroatoms. The van der Waals surface area contributed by atoms with Crippen LogP contribution in [0.1, 0.15) is 23.2 Å². The first-order valence-corrected chi connectivity index (χ1v) is 11.2. The molecule has 0 bridgehead atoms. The molecular formula is C22H26FN9O2. The zero-order chi connectivity index (χ0) is 24.0. The number of primary amides is 1. The van der Waals surface area contributed by atoms with Crippen LogP contribution in [0.25, 0.3) is 16.9 Å². The Hall–Kier alpha value is -3.80. The number of nitrogen functional groups attached to an aromatic ring is 1. The van der Waals surface area contributed by atoms with Gasteiger partial charge in [0.2, 0.25) is 5.91 Å². The Balaban J connectivity index is 1.43. The molecule has 0 aromatic carbocycles. The van der Waals surface area contributed by atoms with E-state index in [0.29, 0.717) is 31.7 Å². The van der Waals surface area contributed by atoms with Crippen LogP contribution in [0, 0.1) is 5.82 Å². The highest BCUT2D eigenvalue weighted by Gasteiger charge is 2.33. The summed E-state index contributed by atoms with van der Waals surface area (Å²) in [6.45, 7) is 3.28. The highest BCUT2D eigenvalue weighted by atomic mass is 19.1. The van der Waals surface area contributed by atoms with Crippen LogP contribution in [0.15, 0.2) is 24.7 Å². The predicted octanol–water partition coefficient (Wildman–Crippen LogP) is 0.354. The second-order valence-corrected chi connectivity index (χ2v) is 8.67. The van der Waals surface area contributed by atoms with Crippen molar-refractivity contribution in [1.29, 1.82) is 0 Å². The Morgan fingerprint density at radius 2 is 1.94 bits per heavy atom. The molecule has 5 heterocycles. The molecule has 2 fully saturated rings. The number of fused-ring (bicyclic) bond motifs is 1. The number of pyridine rings is 1. The zero-order valence-corrected chi connectivity index (χ0v) is 18.8. The maximum absolute atomic E-state index is 15.1. The molecule has 1 unspecified atom stereocenters. The van der Waals surface area contributed by atoms with E-state index in [4.69, 9.17) is 11.5 Å². The first-order chi connectivity index (χ1) is 16.3. The van der Waals surface area contributed by atoms with Gasteiger partial charge in [-0.2, -0.15) is 0 Å². The highest BCUT2D eigenvalue weighted by molar-refractivity contribution is 6.03. The van der Waals surface area contributed by atoms with Crippen LogP contribution in [0.3, 0.4) is 0 Å². The number of halogens is 1. The summed E-state index contributed by atoms with van der Waals surface area (Å²) < 4.78 is 16.2. The Morgan fingerprint density at radius 1 is 1.18 bits per heavy atom. The first-order valence-electron chi connectivity index (χ1n) is 11.2. The number of likely N-dealkylation sites (tertiary alicyclic amines) is 1. The molecule has 0 aliphatic carbocycles. The fourth-order valence-electron chi connectivity index (χ4n) is 4.84. The largest absolute Gasteiger partial charge is 0.381 e. The Morgan fingerprint density at radius 3 is 2.62 bits per heavy atom. The van der Waals surface area contributed by atoms with E-state index in [9.17, 15) is 9.59 Å². The predicted molar refractivity (Wildman–Crippen MR) is 124 cm³/mol. The van der Waals surface area contributed by atoms with Gasteiger partial charge in [0.1, 0.15) is 11.3 Å². The monoisotopic (exact) mass is 467 g/mol. The summed E-state index contributed by atoms with van der Waals surface area (Å²) in [6, 6.07) is 1.75. The van der Waals surface area contributed by atoms with E-state index in [1.165, 1.54) is 6.20 Å². The van der Waals surface area contributed by atoms with E-state index >= 15 is 4.39 Å². The van der Waals surface area contributed by atoms with Gasteiger partial charge in [-0.3, -0.25) is 19.5 Å². The average molecular weight is 468 g/mol. The summed E-state index contributed by atoms with van der Waals surface area (Å²) in [6.07, 6.45) is 6.21. The van der Waals surface area contributed by atoms with E-state index in [2.05, 4.69) is 24.9 Å². The third-order valence-corrected chi connectivity index (χ3v) is 6.63. The van der Waals surface area contributed by atoms with Gasteiger partial charge in [0.05, 0.1) is 12.2 Å². The van der Waals surface area contributed by atoms with E-state index in [-0.39, 0.29) is 34.7 Å². The minimum Gasteiger partial charge on any atom is -0.381 e. The van der Waals surface area contributed by atoms with Gasteiger partial charge in [-0.1, -0.05) is 0 Å². The molecule has 3 aromatic heterocycles. The summed E-state index contributed by atoms with van der Waals surface area (Å²) in [5.74, 6) is -1.38. The number of likely N-dealkylation sites (N-methyl/N-ethyl adjacent to an activating group) is 1. The molecule has 1 atom stereocenters. The molecule has 2 saturated heterocycles. The Bertz CT molecular complexity index is 1270. The van der Waals surface area contributed by atoms with Crippen molar-refractivity contribution in [2.45, 2.75) is 18.9 Å². The summed E-state index contributed by atoms with van der Waals surface area (Å²) in [7, 11) is 1.99. The second-order valence-electron chi connectivity index (χ2n) is 8.67. The fraction of sp³-hybridized carbons (Fsp3) is 0.409. The van der Waals surface area contributed by atoms with Crippen molar-refractivity contribution in [2.24, 2.45) is 5.73 Å². The lowest BCUT2D eigenvalue weighted by Gasteiger charge is -2.38. The number of nitrogens with two attached hydrogens (primary N) is 2. The van der Waals surface area contributed by atoms with Crippen molar-refractivity contribution in [3.05, 3.63) is 36.0 Å². The number of anilines is 2. The molecule has 0 radical (unpaired) electrons. The van der Waals surface area contributed by atoms with Gasteiger partial charge in [-0.25, -0.2) is 13.9 Å². The number of carbonyl (C=O) groups is 2. The van der Waals surface area contributed by atoms with E-state index in [1.54, 1.807) is 12.3 Å². The maximum atomic E-state index is 15.1. The van der Waals surface area contributed by atoms with Crippen LogP contribution in [0.2, 0.25) is 0 Å². The number of piperazine rings is 1. The SMILES string of the molecule is CN1CCCC1C(=O)N1CCN(c2ccncc2-c2nc3c(C(N)=O)c(N)nn3cc2F)CC1. The topological polar surface area (TPSA) is 139 Å². The van der Waals surface area contributed by atoms with Crippen molar-refractivity contribution in [3.63, 3.8) is 0 Å². The normalized spacial score (nSPS) is 19.2. The van der Waals surface area contributed by atoms with Gasteiger partial charge in [-0.05, 0) is 32.5 Å². The Kier molecular flexibility index (Phi) is 5.52. The molecule has 2 aliphatic rings. The van der Waals surface area contributed by atoms with E-state index in [0.717, 1.165) is 35.8 Å². The lowest BCUT2D eigenvalue weighted by Crippen LogP contribution is -2.53. The molecule has 34 heavy (non-hydrogen) atoms. The number of amides is 2. The molecular weight excluding hydrogens is 441 g/mol. The molecule has 178 valence electrons. The number of carbonyl (C=O) groups excluding carboxylic acids is 2.